The van der Waals surface area contributed by atoms with Crippen LogP contribution in [0.15, 0.2) is 24.3 Å². The van der Waals surface area contributed by atoms with E-state index in [2.05, 4.69) is 23.3 Å². The maximum absolute atomic E-state index is 5.77. The Kier molecular flexibility index (Phi) is 1.97. The lowest BCUT2D eigenvalue weighted by Gasteiger charge is -2.00. The van der Waals surface area contributed by atoms with Gasteiger partial charge in [-0.2, -0.15) is 5.10 Å². The van der Waals surface area contributed by atoms with Crippen LogP contribution >= 0.6 is 0 Å². The van der Waals surface area contributed by atoms with Crippen molar-refractivity contribution >= 4 is 5.82 Å². The van der Waals surface area contributed by atoms with Crippen molar-refractivity contribution in [3.05, 3.63) is 35.4 Å². The Morgan fingerprint density at radius 1 is 1.25 bits per heavy atom. The maximum Gasteiger partial charge on any atom is 0.121 e. The van der Waals surface area contributed by atoms with Gasteiger partial charge in [0.1, 0.15) is 5.82 Å². The fraction of sp³-hybridized carbons (Fsp3) is 0.250. The zero-order valence-electron chi connectivity index (χ0n) is 9.10. The van der Waals surface area contributed by atoms with Gasteiger partial charge in [-0.3, -0.25) is 4.68 Å². The number of fused-ring (bicyclic) bond motifs is 1. The molecule has 1 aromatic carbocycles. The van der Waals surface area contributed by atoms with Crippen LogP contribution in [0.1, 0.15) is 11.1 Å². The Balaban J connectivity index is 2.07. The van der Waals surface area contributed by atoms with Gasteiger partial charge in [0.05, 0.1) is 18.9 Å². The van der Waals surface area contributed by atoms with E-state index in [1.165, 1.54) is 11.1 Å². The summed E-state index contributed by atoms with van der Waals surface area (Å²) in [5, 5.41) is 4.36. The van der Waals surface area contributed by atoms with E-state index >= 15 is 0 Å². The third-order valence-electron chi connectivity index (χ3n) is 2.93. The third kappa shape index (κ3) is 1.39. The molecule has 2 N–H and O–H groups in total. The van der Waals surface area contributed by atoms with Gasteiger partial charge < -0.3 is 10.5 Å². The average Bonchev–Trinajstić information content (AvgIpc) is 2.85. The summed E-state index contributed by atoms with van der Waals surface area (Å²) in [6.07, 6.45) is 0. The van der Waals surface area contributed by atoms with Gasteiger partial charge in [-0.25, -0.2) is 0 Å². The molecule has 0 unspecified atom stereocenters. The van der Waals surface area contributed by atoms with Crippen LogP contribution in [0.5, 0.6) is 0 Å². The minimum atomic E-state index is 0.673. The molecule has 0 spiro atoms. The van der Waals surface area contributed by atoms with Crippen molar-refractivity contribution in [1.29, 1.82) is 0 Å². The number of hydrogen-bond acceptors (Lipinski definition) is 3. The van der Waals surface area contributed by atoms with Gasteiger partial charge in [0.2, 0.25) is 0 Å². The molecule has 0 saturated heterocycles. The number of nitrogens with two attached hydrogens (primary N) is 1. The first-order valence-corrected chi connectivity index (χ1v) is 5.23. The highest BCUT2D eigenvalue weighted by Crippen LogP contribution is 2.26. The van der Waals surface area contributed by atoms with E-state index in [0.29, 0.717) is 12.4 Å². The SMILES string of the molecule is Cn1nc(-c2ccc3c(c2)COC3)cc1N. The van der Waals surface area contributed by atoms with Crippen molar-refractivity contribution in [1.82, 2.24) is 9.78 Å². The predicted molar refractivity (Wildman–Crippen MR) is 61.5 cm³/mol. The first-order valence-electron chi connectivity index (χ1n) is 5.23. The molecule has 4 heteroatoms. The van der Waals surface area contributed by atoms with Crippen molar-refractivity contribution in [2.24, 2.45) is 7.05 Å². The number of aromatic nitrogens is 2. The summed E-state index contributed by atoms with van der Waals surface area (Å²) in [5.74, 6) is 0.673. The average molecular weight is 215 g/mol. The maximum atomic E-state index is 5.77. The Bertz CT molecular complexity index is 526. The Morgan fingerprint density at radius 2 is 2.06 bits per heavy atom. The highest BCUT2D eigenvalue weighted by molar-refractivity contribution is 5.64. The highest BCUT2D eigenvalue weighted by Gasteiger charge is 2.13. The number of nitrogens with zero attached hydrogens (tertiary/aromatic N) is 2. The molecule has 0 radical (unpaired) electrons. The summed E-state index contributed by atoms with van der Waals surface area (Å²) >= 11 is 0. The quantitative estimate of drug-likeness (QED) is 0.787. The van der Waals surface area contributed by atoms with E-state index in [1.54, 1.807) is 4.68 Å². The zero-order valence-corrected chi connectivity index (χ0v) is 9.10. The topological polar surface area (TPSA) is 53.1 Å². The molecule has 0 amide bonds. The first kappa shape index (κ1) is 9.42. The number of ether oxygens (including phenoxy) is 1. The number of anilines is 1. The molecule has 2 heterocycles. The molecule has 4 nitrogen and oxygen atoms in total. The summed E-state index contributed by atoms with van der Waals surface area (Å²) in [6.45, 7) is 1.42. The summed E-state index contributed by atoms with van der Waals surface area (Å²) in [6, 6.07) is 8.18. The monoisotopic (exact) mass is 215 g/mol. The first-order chi connectivity index (χ1) is 7.74. The molecule has 0 atom stereocenters. The van der Waals surface area contributed by atoms with Crippen molar-refractivity contribution in [2.75, 3.05) is 5.73 Å². The highest BCUT2D eigenvalue weighted by atomic mass is 16.5. The molecule has 3 rings (SSSR count). The van der Waals surface area contributed by atoms with Crippen LogP contribution < -0.4 is 5.73 Å². The van der Waals surface area contributed by atoms with E-state index in [4.69, 9.17) is 10.5 Å². The lowest BCUT2D eigenvalue weighted by atomic mass is 10.0. The lowest BCUT2D eigenvalue weighted by molar-refractivity contribution is 0.134. The molecule has 1 aliphatic rings. The molecular weight excluding hydrogens is 202 g/mol. The molecule has 16 heavy (non-hydrogen) atoms. The van der Waals surface area contributed by atoms with Crippen molar-refractivity contribution < 1.29 is 4.74 Å². The van der Waals surface area contributed by atoms with Crippen molar-refractivity contribution in [3.63, 3.8) is 0 Å². The molecular formula is C12H13N3O. The standard InChI is InChI=1S/C12H13N3O/c1-15-12(13)5-11(14-15)8-2-3-9-6-16-7-10(9)4-8/h2-5H,6-7,13H2,1H3. The molecule has 0 aliphatic carbocycles. The van der Waals surface area contributed by atoms with E-state index in [9.17, 15) is 0 Å². The van der Waals surface area contributed by atoms with Crippen molar-refractivity contribution in [2.45, 2.75) is 13.2 Å². The van der Waals surface area contributed by atoms with Crippen LogP contribution in [0.25, 0.3) is 11.3 Å². The van der Waals surface area contributed by atoms with Crippen LogP contribution in [-0.2, 0) is 25.0 Å². The van der Waals surface area contributed by atoms with Gasteiger partial charge in [0, 0.05) is 18.7 Å². The minimum Gasteiger partial charge on any atom is -0.384 e. The minimum absolute atomic E-state index is 0.673. The fourth-order valence-corrected chi connectivity index (χ4v) is 1.95. The second kappa shape index (κ2) is 3.35. The van der Waals surface area contributed by atoms with Gasteiger partial charge in [-0.05, 0) is 17.2 Å². The van der Waals surface area contributed by atoms with Gasteiger partial charge in [0.25, 0.3) is 0 Å². The van der Waals surface area contributed by atoms with E-state index in [0.717, 1.165) is 17.9 Å². The normalized spacial score (nSPS) is 14.1. The Morgan fingerprint density at radius 3 is 2.81 bits per heavy atom. The van der Waals surface area contributed by atoms with Crippen LogP contribution in [0.3, 0.4) is 0 Å². The second-order valence-corrected chi connectivity index (χ2v) is 4.05. The van der Waals surface area contributed by atoms with Gasteiger partial charge >= 0.3 is 0 Å². The Labute approximate surface area is 93.6 Å². The van der Waals surface area contributed by atoms with E-state index in [1.807, 2.05) is 13.1 Å². The molecule has 0 saturated carbocycles. The number of benzene rings is 1. The summed E-state index contributed by atoms with van der Waals surface area (Å²) < 4.78 is 7.06. The zero-order chi connectivity index (χ0) is 11.1. The van der Waals surface area contributed by atoms with Gasteiger partial charge in [-0.1, -0.05) is 12.1 Å². The van der Waals surface area contributed by atoms with Gasteiger partial charge in [-0.15, -0.1) is 0 Å². The van der Waals surface area contributed by atoms with Crippen LogP contribution in [0, 0.1) is 0 Å². The second-order valence-electron chi connectivity index (χ2n) is 4.05. The molecule has 1 aromatic heterocycles. The molecule has 0 fully saturated rings. The van der Waals surface area contributed by atoms with Crippen LogP contribution in [0.4, 0.5) is 5.82 Å². The Hall–Kier alpha value is -1.81. The number of rotatable bonds is 1. The third-order valence-corrected chi connectivity index (χ3v) is 2.93. The van der Waals surface area contributed by atoms with E-state index < -0.39 is 0 Å². The molecule has 2 aromatic rings. The van der Waals surface area contributed by atoms with E-state index in [-0.39, 0.29) is 0 Å². The van der Waals surface area contributed by atoms with Gasteiger partial charge in [0.15, 0.2) is 0 Å². The summed E-state index contributed by atoms with van der Waals surface area (Å²) in [4.78, 5) is 0. The number of hydrogen-bond donors (Lipinski definition) is 1. The van der Waals surface area contributed by atoms with Crippen LogP contribution in [0.2, 0.25) is 0 Å². The smallest absolute Gasteiger partial charge is 0.121 e. The largest absolute Gasteiger partial charge is 0.384 e. The molecule has 1 aliphatic heterocycles. The molecule has 82 valence electrons. The van der Waals surface area contributed by atoms with Crippen LogP contribution in [-0.4, -0.2) is 9.78 Å². The summed E-state index contributed by atoms with van der Waals surface area (Å²) in [5.41, 5.74) is 10.3. The fourth-order valence-electron chi connectivity index (χ4n) is 1.95. The molecule has 0 bridgehead atoms. The van der Waals surface area contributed by atoms with Crippen molar-refractivity contribution in [3.8, 4) is 11.3 Å². The lowest BCUT2D eigenvalue weighted by Crippen LogP contribution is -1.96. The number of aryl methyl sites for hydroxylation is 1. The predicted octanol–water partition coefficient (Wildman–Crippen LogP) is 1.70. The number of nitrogen functional groups attached to an aromatic ring is 1. The summed E-state index contributed by atoms with van der Waals surface area (Å²) in [7, 11) is 1.84.